The normalized spacial score (nSPS) is 17.9. The van der Waals surface area contributed by atoms with Crippen molar-refractivity contribution in [2.75, 3.05) is 12.8 Å². The van der Waals surface area contributed by atoms with E-state index in [0.717, 1.165) is 16.9 Å². The van der Waals surface area contributed by atoms with Gasteiger partial charge in [-0.1, -0.05) is 49.4 Å². The minimum Gasteiger partial charge on any atom is -0.507 e. The molecule has 0 amide bonds. The molecule has 164 valence electrons. The van der Waals surface area contributed by atoms with Crippen molar-refractivity contribution in [3.63, 3.8) is 0 Å². The molecule has 1 heterocycles. The summed E-state index contributed by atoms with van der Waals surface area (Å²) in [5, 5.41) is 10.6. The van der Waals surface area contributed by atoms with Gasteiger partial charge in [0.25, 0.3) is 0 Å². The number of carbonyl (C=O) groups excluding carboxylic acids is 2. The number of fused-ring (bicyclic) bond motifs is 5. The molecule has 7 nitrogen and oxygen atoms in total. The van der Waals surface area contributed by atoms with Gasteiger partial charge in [-0.15, -0.1) is 11.8 Å². The first-order valence-corrected chi connectivity index (χ1v) is 12.7. The van der Waals surface area contributed by atoms with Crippen LogP contribution in [0.3, 0.4) is 0 Å². The van der Waals surface area contributed by atoms with Crippen molar-refractivity contribution >= 4 is 44.8 Å². The van der Waals surface area contributed by atoms with Gasteiger partial charge < -0.3 is 5.11 Å². The average molecular weight is 470 g/mol. The summed E-state index contributed by atoms with van der Waals surface area (Å²) < 4.78 is 22.5. The number of aromatic hydroxyl groups is 1. The molecule has 3 aliphatic rings. The summed E-state index contributed by atoms with van der Waals surface area (Å²) in [4.78, 5) is 30.0. The van der Waals surface area contributed by atoms with Crippen LogP contribution >= 0.6 is 11.8 Å². The van der Waals surface area contributed by atoms with Crippen LogP contribution in [0.5, 0.6) is 5.75 Å². The highest BCUT2D eigenvalue weighted by molar-refractivity contribution is 8.01. The molecule has 3 N–H and O–H groups in total. The lowest BCUT2D eigenvalue weighted by Gasteiger charge is -2.23. The molecule has 0 radical (unpaired) electrons. The maximum Gasteiger partial charge on any atom is 0.229 e. The molecular weight excluding hydrogens is 448 g/mol. The fourth-order valence-corrected chi connectivity index (χ4v) is 5.43. The number of allylic oxidation sites excluding steroid dienone is 3. The average Bonchev–Trinajstić information content (AvgIpc) is 2.75. The van der Waals surface area contributed by atoms with Gasteiger partial charge in [-0.3, -0.25) is 9.59 Å². The van der Waals surface area contributed by atoms with E-state index in [2.05, 4.69) is 15.8 Å². The molecule has 0 aromatic heterocycles. The topological polar surface area (TPSA) is 115 Å². The number of benzene rings is 2. The smallest absolute Gasteiger partial charge is 0.229 e. The van der Waals surface area contributed by atoms with Crippen molar-refractivity contribution in [3.8, 4) is 5.75 Å². The Kier molecular flexibility index (Phi) is 5.89. The molecule has 0 saturated carbocycles. The third kappa shape index (κ3) is 4.06. The van der Waals surface area contributed by atoms with E-state index in [0.29, 0.717) is 23.4 Å². The molecule has 2 aliphatic carbocycles. The highest BCUT2D eigenvalue weighted by atomic mass is 32.2. The minimum atomic E-state index is -2.92. The number of phenols is 1. The van der Waals surface area contributed by atoms with E-state index in [1.54, 1.807) is 49.0 Å². The van der Waals surface area contributed by atoms with Gasteiger partial charge in [0.1, 0.15) is 16.6 Å². The Morgan fingerprint density at radius 2 is 1.75 bits per heavy atom. The van der Waals surface area contributed by atoms with E-state index in [-0.39, 0.29) is 33.7 Å². The van der Waals surface area contributed by atoms with Gasteiger partial charge in [-0.2, -0.15) is 0 Å². The molecule has 1 aliphatic heterocycles. The Bertz CT molecular complexity index is 1340. The summed E-state index contributed by atoms with van der Waals surface area (Å²) in [7, 11) is -2.92. The molecule has 32 heavy (non-hydrogen) atoms. The zero-order valence-electron chi connectivity index (χ0n) is 17.4. The van der Waals surface area contributed by atoms with Crippen LogP contribution in [0.1, 0.15) is 38.8 Å². The van der Waals surface area contributed by atoms with Crippen molar-refractivity contribution in [1.29, 1.82) is 0 Å². The monoisotopic (exact) mass is 469 g/mol. The number of sulfonamides is 1. The SMILES string of the molecule is CCNS(C)(=O)=O.O=C1c2ccccc2C(=O)c2c3c(cc(O)c21)SC1C=CC=CC1=[NH+]3. The van der Waals surface area contributed by atoms with Gasteiger partial charge in [0.05, 0.1) is 16.7 Å². The summed E-state index contributed by atoms with van der Waals surface area (Å²) in [5.41, 5.74) is 2.64. The minimum absolute atomic E-state index is 0.0879. The number of thioether (sulfide) groups is 1. The zero-order chi connectivity index (χ0) is 23.0. The third-order valence-electron chi connectivity index (χ3n) is 5.05. The van der Waals surface area contributed by atoms with Gasteiger partial charge in [-0.25, -0.2) is 18.1 Å². The quantitative estimate of drug-likeness (QED) is 0.490. The predicted octanol–water partition coefficient (Wildman–Crippen LogP) is 1.48. The molecule has 9 heteroatoms. The van der Waals surface area contributed by atoms with Crippen LogP contribution in [0, 0.1) is 0 Å². The summed E-state index contributed by atoms with van der Waals surface area (Å²) in [6, 6.07) is 8.32. The Morgan fingerprint density at radius 1 is 1.09 bits per heavy atom. The van der Waals surface area contributed by atoms with E-state index in [4.69, 9.17) is 0 Å². The molecular formula is C23H21N2O5S2+. The second-order valence-electron chi connectivity index (χ2n) is 7.36. The van der Waals surface area contributed by atoms with Crippen molar-refractivity contribution in [3.05, 3.63) is 76.9 Å². The lowest BCUT2D eigenvalue weighted by atomic mass is 9.82. The highest BCUT2D eigenvalue weighted by Crippen LogP contribution is 2.43. The number of rotatable bonds is 2. The number of hydrogen-bond acceptors (Lipinski definition) is 6. The lowest BCUT2D eigenvalue weighted by Crippen LogP contribution is -2.71. The molecule has 2 aromatic rings. The highest BCUT2D eigenvalue weighted by Gasteiger charge is 2.40. The first-order valence-electron chi connectivity index (χ1n) is 9.89. The summed E-state index contributed by atoms with van der Waals surface area (Å²) in [5.74, 6) is -0.696. The number of hydrogen-bond donors (Lipinski definition) is 3. The van der Waals surface area contributed by atoms with Crippen molar-refractivity contribution < 1.29 is 28.1 Å². The van der Waals surface area contributed by atoms with E-state index in [1.165, 1.54) is 0 Å². The van der Waals surface area contributed by atoms with Gasteiger partial charge in [0.2, 0.25) is 21.5 Å². The summed E-state index contributed by atoms with van der Waals surface area (Å²) >= 11 is 1.55. The van der Waals surface area contributed by atoms with E-state index < -0.39 is 10.0 Å². The van der Waals surface area contributed by atoms with Gasteiger partial charge >= 0.3 is 0 Å². The Morgan fingerprint density at radius 3 is 2.34 bits per heavy atom. The summed E-state index contributed by atoms with van der Waals surface area (Å²) in [6.07, 6.45) is 9.05. The first-order chi connectivity index (χ1) is 15.2. The van der Waals surface area contributed by atoms with E-state index >= 15 is 0 Å². The molecule has 5 rings (SSSR count). The number of ketones is 2. The molecule has 1 unspecified atom stereocenters. The van der Waals surface area contributed by atoms with Gasteiger partial charge in [-0.05, 0) is 0 Å². The van der Waals surface area contributed by atoms with Crippen LogP contribution in [-0.4, -0.2) is 48.9 Å². The Balaban J connectivity index is 0.000000307. The number of phenolic OH excluding ortho intramolecular Hbond substituents is 1. The fraction of sp³-hybridized carbons (Fsp3) is 0.174. The largest absolute Gasteiger partial charge is 0.507 e. The van der Waals surface area contributed by atoms with Crippen molar-refractivity contribution in [2.24, 2.45) is 0 Å². The fourth-order valence-electron chi connectivity index (χ4n) is 3.75. The molecule has 1 atom stereocenters. The van der Waals surface area contributed by atoms with Gasteiger partial charge in [0, 0.05) is 29.8 Å². The van der Waals surface area contributed by atoms with Crippen LogP contribution in [-0.2, 0) is 10.0 Å². The molecule has 2 aromatic carbocycles. The number of nitrogens with one attached hydrogen (secondary N) is 2. The standard InChI is InChI=1S/C20H11NO3S.C3H9NO2S/c22-13-9-15-18(21-12-7-3-4-8-14(12)25-15)17-16(13)19(23)10-5-1-2-6-11(10)20(17)24;1-3-4-7(2,5)6/h1-9,14,22H;4H,3H2,1-2H3/p+1. The third-order valence-corrected chi connectivity index (χ3v) is 7.10. The van der Waals surface area contributed by atoms with Gasteiger partial charge in [0.15, 0.2) is 11.5 Å². The number of carbonyl (C=O) groups is 2. The molecule has 0 saturated heterocycles. The van der Waals surface area contributed by atoms with Crippen molar-refractivity contribution in [1.82, 2.24) is 4.72 Å². The predicted molar refractivity (Wildman–Crippen MR) is 123 cm³/mol. The van der Waals surface area contributed by atoms with Crippen molar-refractivity contribution in [2.45, 2.75) is 17.1 Å². The summed E-state index contributed by atoms with van der Waals surface area (Å²) in [6.45, 7) is 2.21. The Labute approximate surface area is 190 Å². The van der Waals surface area contributed by atoms with Crippen LogP contribution in [0.2, 0.25) is 0 Å². The van der Waals surface area contributed by atoms with Crippen LogP contribution < -0.4 is 9.71 Å². The Hall–Kier alpha value is -3.01. The second kappa shape index (κ2) is 8.50. The van der Waals surface area contributed by atoms with Crippen LogP contribution in [0.15, 0.2) is 59.5 Å². The van der Waals surface area contributed by atoms with Crippen LogP contribution in [0.25, 0.3) is 0 Å². The lowest BCUT2D eigenvalue weighted by molar-refractivity contribution is -0.358. The molecule has 0 bridgehead atoms. The maximum atomic E-state index is 13.1. The maximum absolute atomic E-state index is 13.1. The first kappa shape index (κ1) is 22.2. The second-order valence-corrected chi connectivity index (χ2v) is 10.4. The van der Waals surface area contributed by atoms with E-state index in [9.17, 15) is 23.1 Å². The molecule has 0 fully saturated rings. The van der Waals surface area contributed by atoms with E-state index in [1.807, 2.05) is 18.2 Å². The van der Waals surface area contributed by atoms with Crippen LogP contribution in [0.4, 0.5) is 5.69 Å². The zero-order valence-corrected chi connectivity index (χ0v) is 19.0. The molecule has 0 spiro atoms.